The Morgan fingerprint density at radius 1 is 0.432 bits per heavy atom. The first kappa shape index (κ1) is 43.2. The van der Waals surface area contributed by atoms with Crippen molar-refractivity contribution in [1.29, 1.82) is 0 Å². The minimum atomic E-state index is -0.397. The van der Waals surface area contributed by atoms with Crippen molar-refractivity contribution in [1.82, 2.24) is 9.88 Å². The number of nitrogens with one attached hydrogen (secondary N) is 1. The molecule has 0 radical (unpaired) electrons. The fourth-order valence-corrected chi connectivity index (χ4v) is 11.2. The molecule has 12 aromatic rings. The average Bonchev–Trinajstić information content (AvgIpc) is 4.09. The van der Waals surface area contributed by atoms with E-state index in [-0.39, 0.29) is 5.92 Å². The van der Waals surface area contributed by atoms with E-state index in [1.54, 1.807) is 0 Å². The van der Waals surface area contributed by atoms with Gasteiger partial charge < -0.3 is 14.3 Å². The molecule has 5 heteroatoms. The van der Waals surface area contributed by atoms with Crippen LogP contribution in [0, 0.1) is 0 Å². The van der Waals surface area contributed by atoms with Crippen molar-refractivity contribution in [3.8, 4) is 50.2 Å². The number of para-hydroxylation sites is 2. The van der Waals surface area contributed by atoms with Crippen molar-refractivity contribution >= 4 is 55.4 Å². The van der Waals surface area contributed by atoms with Crippen molar-refractivity contribution < 1.29 is 4.42 Å². The molecule has 0 saturated heterocycles. The number of allylic oxidation sites excluding steroid dienone is 4. The van der Waals surface area contributed by atoms with E-state index in [4.69, 9.17) is 14.4 Å². The molecule has 3 heterocycles. The molecular weight excluding hydrogens is 901 g/mol. The number of rotatable bonds is 9. The monoisotopic (exact) mass is 948 g/mol. The van der Waals surface area contributed by atoms with Gasteiger partial charge in [-0.1, -0.05) is 218 Å². The summed E-state index contributed by atoms with van der Waals surface area (Å²) in [5.41, 5.74) is 18.0. The van der Waals surface area contributed by atoms with Crippen molar-refractivity contribution in [2.24, 2.45) is 9.98 Å². The van der Waals surface area contributed by atoms with E-state index >= 15 is 0 Å². The Balaban J connectivity index is 1.02. The molecule has 2 aliphatic rings. The smallest absolute Gasteiger partial charge is 0.159 e. The third-order valence-electron chi connectivity index (χ3n) is 14.7. The molecule has 5 nitrogen and oxygen atoms in total. The van der Waals surface area contributed by atoms with Gasteiger partial charge in [0, 0.05) is 49.9 Å². The molecule has 0 fully saturated rings. The predicted octanol–water partition coefficient (Wildman–Crippen LogP) is 17.4. The molecule has 2 unspecified atom stereocenters. The standard InChI is InChI=1S/C69H48N4O/c1-7-22-45(23-8-1)51-40-52(46-24-9-2-10-25-46)42-53(41-51)68-70-67(50-32-17-6-18-33-50)71-69(72-68)54-43-59(48-28-13-4-14-29-48)64(60(44-54)49-30-15-5-16-31-49)73-61-37-20-19-34-58(61)63-62(73)39-38-57-56-36-21-35-55(65(56)74-66(57)63)47-26-11-3-12-27-47/h1-24,26-44,46,67H,25H2,(H,70,71,72). The molecule has 1 aliphatic carbocycles. The van der Waals surface area contributed by atoms with Gasteiger partial charge in [-0.2, -0.15) is 0 Å². The second-order valence-electron chi connectivity index (χ2n) is 19.2. The van der Waals surface area contributed by atoms with Crippen molar-refractivity contribution in [2.75, 3.05) is 0 Å². The van der Waals surface area contributed by atoms with E-state index in [9.17, 15) is 0 Å². The van der Waals surface area contributed by atoms with Gasteiger partial charge in [-0.05, 0) is 87.8 Å². The summed E-state index contributed by atoms with van der Waals surface area (Å²) in [6.07, 6.45) is 9.39. The van der Waals surface area contributed by atoms with Crippen LogP contribution in [0.25, 0.3) is 93.9 Å². The second kappa shape index (κ2) is 18.2. The van der Waals surface area contributed by atoms with Crippen LogP contribution in [0.5, 0.6) is 0 Å². The summed E-state index contributed by atoms with van der Waals surface area (Å²) in [6.45, 7) is 0. The number of benzene rings is 10. The Hall–Kier alpha value is -9.58. The van der Waals surface area contributed by atoms with Gasteiger partial charge >= 0.3 is 0 Å². The maximum Gasteiger partial charge on any atom is 0.159 e. The van der Waals surface area contributed by atoms with Crippen LogP contribution in [0.4, 0.5) is 0 Å². The number of aromatic nitrogens is 1. The van der Waals surface area contributed by atoms with Crippen LogP contribution < -0.4 is 5.32 Å². The van der Waals surface area contributed by atoms with Crippen LogP contribution in [0.2, 0.25) is 0 Å². The van der Waals surface area contributed by atoms with Gasteiger partial charge in [0.05, 0.1) is 22.1 Å². The van der Waals surface area contributed by atoms with Gasteiger partial charge in [0.25, 0.3) is 0 Å². The van der Waals surface area contributed by atoms with E-state index in [2.05, 4.69) is 271 Å². The Labute approximate surface area is 429 Å². The zero-order chi connectivity index (χ0) is 49.0. The summed E-state index contributed by atoms with van der Waals surface area (Å²) < 4.78 is 9.61. The van der Waals surface area contributed by atoms with Gasteiger partial charge in [0.15, 0.2) is 5.84 Å². The van der Waals surface area contributed by atoms with E-state index < -0.39 is 6.17 Å². The van der Waals surface area contributed by atoms with Crippen LogP contribution in [0.15, 0.2) is 275 Å². The molecule has 1 aliphatic heterocycles. The predicted molar refractivity (Wildman–Crippen MR) is 307 cm³/mol. The fourth-order valence-electron chi connectivity index (χ4n) is 11.2. The number of nitrogens with zero attached hydrogens (tertiary/aromatic N) is 3. The van der Waals surface area contributed by atoms with E-state index in [1.807, 2.05) is 0 Å². The van der Waals surface area contributed by atoms with Crippen molar-refractivity contribution in [3.05, 3.63) is 283 Å². The highest BCUT2D eigenvalue weighted by Gasteiger charge is 2.28. The summed E-state index contributed by atoms with van der Waals surface area (Å²) in [5.74, 6) is 1.67. The first-order valence-corrected chi connectivity index (χ1v) is 25.4. The minimum absolute atomic E-state index is 0.239. The Kier molecular flexibility index (Phi) is 10.7. The molecule has 2 aromatic heterocycles. The van der Waals surface area contributed by atoms with Gasteiger partial charge in [0.2, 0.25) is 0 Å². The van der Waals surface area contributed by atoms with Crippen LogP contribution in [0.1, 0.15) is 40.8 Å². The van der Waals surface area contributed by atoms with Crippen LogP contribution in [-0.4, -0.2) is 16.2 Å². The Morgan fingerprint density at radius 3 is 1.70 bits per heavy atom. The first-order chi connectivity index (χ1) is 36.7. The maximum absolute atomic E-state index is 7.15. The molecule has 14 rings (SSSR count). The molecule has 0 amide bonds. The molecule has 0 saturated carbocycles. The van der Waals surface area contributed by atoms with Gasteiger partial charge in [-0.3, -0.25) is 0 Å². The van der Waals surface area contributed by atoms with Gasteiger partial charge in [-0.15, -0.1) is 0 Å². The lowest BCUT2D eigenvalue weighted by Crippen LogP contribution is -2.33. The topological polar surface area (TPSA) is 54.8 Å². The zero-order valence-corrected chi connectivity index (χ0v) is 40.4. The molecule has 10 aromatic carbocycles. The van der Waals surface area contributed by atoms with Gasteiger partial charge in [-0.25, -0.2) is 9.98 Å². The van der Waals surface area contributed by atoms with Crippen LogP contribution in [-0.2, 0) is 0 Å². The number of furan rings is 1. The average molecular weight is 949 g/mol. The largest absolute Gasteiger partial charge is 0.455 e. The Morgan fingerprint density at radius 2 is 1.03 bits per heavy atom. The lowest BCUT2D eigenvalue weighted by atomic mass is 9.88. The summed E-state index contributed by atoms with van der Waals surface area (Å²) in [7, 11) is 0. The van der Waals surface area contributed by atoms with Crippen molar-refractivity contribution in [2.45, 2.75) is 18.5 Å². The normalized spacial score (nSPS) is 15.4. The maximum atomic E-state index is 7.15. The number of aliphatic imine (C=N–C) groups is 2. The summed E-state index contributed by atoms with van der Waals surface area (Å²) >= 11 is 0. The lowest BCUT2D eigenvalue weighted by molar-refractivity contribution is 0.674. The molecular formula is C69H48N4O. The van der Waals surface area contributed by atoms with Gasteiger partial charge in [0.1, 0.15) is 23.2 Å². The summed E-state index contributed by atoms with van der Waals surface area (Å²) in [6, 6.07) is 84.6. The lowest BCUT2D eigenvalue weighted by Gasteiger charge is -2.26. The highest BCUT2D eigenvalue weighted by molar-refractivity contribution is 6.25. The molecule has 74 heavy (non-hydrogen) atoms. The number of amidine groups is 2. The molecule has 350 valence electrons. The second-order valence-corrected chi connectivity index (χ2v) is 19.2. The van der Waals surface area contributed by atoms with E-state index in [0.717, 1.165) is 123 Å². The van der Waals surface area contributed by atoms with Crippen LogP contribution in [0.3, 0.4) is 0 Å². The third-order valence-corrected chi connectivity index (χ3v) is 14.7. The number of hydrogen-bond acceptors (Lipinski definition) is 4. The first-order valence-electron chi connectivity index (χ1n) is 25.4. The molecule has 0 bridgehead atoms. The van der Waals surface area contributed by atoms with E-state index in [1.165, 1.54) is 5.56 Å². The minimum Gasteiger partial charge on any atom is -0.455 e. The summed E-state index contributed by atoms with van der Waals surface area (Å²) in [4.78, 5) is 11.0. The number of fused-ring (bicyclic) bond motifs is 7. The third kappa shape index (κ3) is 7.57. The SMILES string of the molecule is C1=CCC(c2cc(C3=NC(c4ccccc4)NC(c4cc(-c5ccccc5)c(-n5c6ccccc6c6c7oc8c(-c9ccccc9)cccc8c7ccc65)c(-c5ccccc5)c4)=N3)cc(-c3ccccc3)c2)C=C1. The quantitative estimate of drug-likeness (QED) is 0.157. The highest BCUT2D eigenvalue weighted by atomic mass is 16.3. The fraction of sp³-hybridized carbons (Fsp3) is 0.0435. The zero-order valence-electron chi connectivity index (χ0n) is 40.4. The van der Waals surface area contributed by atoms with Crippen molar-refractivity contribution in [3.63, 3.8) is 0 Å². The highest BCUT2D eigenvalue weighted by Crippen LogP contribution is 2.46. The molecule has 2 atom stereocenters. The number of hydrogen-bond donors (Lipinski definition) is 1. The molecule has 0 spiro atoms. The molecule has 1 N–H and O–H groups in total. The van der Waals surface area contributed by atoms with Crippen LogP contribution >= 0.6 is 0 Å². The summed E-state index contributed by atoms with van der Waals surface area (Å²) in [5, 5.41) is 8.25. The van der Waals surface area contributed by atoms with E-state index in [0.29, 0.717) is 5.84 Å². The Bertz CT molecular complexity index is 4160.